The van der Waals surface area contributed by atoms with E-state index in [9.17, 15) is 19.5 Å². The minimum absolute atomic E-state index is 0.186. The van der Waals surface area contributed by atoms with Crippen LogP contribution in [-0.4, -0.2) is 87.4 Å². The van der Waals surface area contributed by atoms with Gasteiger partial charge in [0.05, 0.1) is 34.4 Å². The molecule has 51 heavy (non-hydrogen) atoms. The van der Waals surface area contributed by atoms with Crippen LogP contribution in [0.1, 0.15) is 168 Å². The number of carboxylic acid groups (broad SMARTS) is 1. The topological polar surface area (TPSA) is 108 Å². The number of likely N-dealkylation sites (N-methyl/N-ethyl adjacent to an activating group) is 1. The Balaban J connectivity index is 4.50. The van der Waals surface area contributed by atoms with E-state index in [4.69, 9.17) is 18.9 Å². The second kappa shape index (κ2) is 34.8. The highest BCUT2D eigenvalue weighted by Crippen LogP contribution is 2.13. The van der Waals surface area contributed by atoms with Gasteiger partial charge in [-0.25, -0.2) is 4.79 Å². The number of carbonyl (C=O) groups is 3. The van der Waals surface area contributed by atoms with Crippen LogP contribution in [-0.2, 0) is 33.3 Å². The summed E-state index contributed by atoms with van der Waals surface area (Å²) < 4.78 is 22.6. The summed E-state index contributed by atoms with van der Waals surface area (Å²) in [7, 11) is 5.94. The van der Waals surface area contributed by atoms with Gasteiger partial charge in [-0.1, -0.05) is 122 Å². The van der Waals surface area contributed by atoms with E-state index in [1.807, 2.05) is 21.1 Å². The number of rotatable bonds is 37. The van der Waals surface area contributed by atoms with Gasteiger partial charge < -0.3 is 28.5 Å². The van der Waals surface area contributed by atoms with Crippen LogP contribution < -0.4 is 0 Å². The van der Waals surface area contributed by atoms with Crippen molar-refractivity contribution in [2.24, 2.45) is 0 Å². The normalized spacial score (nSPS) is 13.2. The lowest BCUT2D eigenvalue weighted by molar-refractivity contribution is -0.870. The zero-order valence-electron chi connectivity index (χ0n) is 33.5. The zero-order valence-corrected chi connectivity index (χ0v) is 33.5. The third-order valence-corrected chi connectivity index (χ3v) is 8.66. The molecule has 9 nitrogen and oxygen atoms in total. The summed E-state index contributed by atoms with van der Waals surface area (Å²) in [5.74, 6) is -2.03. The number of esters is 2. The summed E-state index contributed by atoms with van der Waals surface area (Å²) in [6, 6.07) is 0. The van der Waals surface area contributed by atoms with Crippen LogP contribution in [0.5, 0.6) is 0 Å². The van der Waals surface area contributed by atoms with Crippen LogP contribution >= 0.6 is 0 Å². The molecule has 0 aromatic rings. The molecule has 2 atom stereocenters. The first-order valence-electron chi connectivity index (χ1n) is 20.5. The number of nitrogens with zero attached hydrogens (tertiary/aromatic N) is 1. The van der Waals surface area contributed by atoms with E-state index >= 15 is 0 Å². The molecular weight excluding hydrogens is 646 g/mol. The first-order chi connectivity index (χ1) is 24.6. The first-order valence-corrected chi connectivity index (χ1v) is 20.5. The monoisotopic (exact) mass is 725 g/mol. The first kappa shape index (κ1) is 48.8. The van der Waals surface area contributed by atoms with Crippen LogP contribution in [0.15, 0.2) is 24.3 Å². The average molecular weight is 725 g/mol. The summed E-state index contributed by atoms with van der Waals surface area (Å²) in [6.07, 6.45) is 32.4. The molecule has 0 radical (unpaired) electrons. The van der Waals surface area contributed by atoms with Crippen molar-refractivity contribution in [3.63, 3.8) is 0 Å². The average Bonchev–Trinajstić information content (AvgIpc) is 3.08. The lowest BCUT2D eigenvalue weighted by atomic mass is 10.1. The molecule has 0 aliphatic rings. The maximum Gasteiger partial charge on any atom is 0.361 e. The van der Waals surface area contributed by atoms with Crippen LogP contribution in [0.3, 0.4) is 0 Å². The fourth-order valence-electron chi connectivity index (χ4n) is 5.42. The van der Waals surface area contributed by atoms with Gasteiger partial charge in [-0.3, -0.25) is 9.59 Å². The van der Waals surface area contributed by atoms with Crippen molar-refractivity contribution >= 4 is 17.9 Å². The zero-order chi connectivity index (χ0) is 37.8. The Morgan fingerprint density at radius 3 is 1.53 bits per heavy atom. The van der Waals surface area contributed by atoms with Gasteiger partial charge in [0.25, 0.3) is 6.29 Å². The minimum Gasteiger partial charge on any atom is -0.477 e. The van der Waals surface area contributed by atoms with Crippen molar-refractivity contribution in [1.29, 1.82) is 0 Å². The van der Waals surface area contributed by atoms with Crippen molar-refractivity contribution in [2.75, 3.05) is 47.5 Å². The fourth-order valence-corrected chi connectivity index (χ4v) is 5.42. The molecule has 0 heterocycles. The summed E-state index contributed by atoms with van der Waals surface area (Å²) in [5, 5.41) is 9.59. The predicted octanol–water partition coefficient (Wildman–Crippen LogP) is 10.1. The number of carbonyl (C=O) groups excluding carboxylic acids is 2. The summed E-state index contributed by atoms with van der Waals surface area (Å²) in [4.78, 5) is 36.9. The van der Waals surface area contributed by atoms with E-state index < -0.39 is 24.3 Å². The standard InChI is InChI=1S/C42H77NO8/c1-6-8-10-12-14-16-18-19-20-21-22-23-25-27-29-31-33-40(45)51-38(37-50-42(41(46)47)48-35-34-43(3,4)5)36-49-39(44)32-30-28-26-24-17-15-13-11-9-7-2/h11,13,20-21,38,42H,6-10,12,14-19,22-37H2,1-5H3/p+1/b13-11-,21-20-. The Labute approximate surface area is 312 Å². The van der Waals surface area contributed by atoms with Crippen LogP contribution in [0, 0.1) is 0 Å². The second-order valence-electron chi connectivity index (χ2n) is 14.9. The number of carboxylic acids is 1. The molecule has 0 amide bonds. The summed E-state index contributed by atoms with van der Waals surface area (Å²) in [6.45, 7) is 4.77. The van der Waals surface area contributed by atoms with Gasteiger partial charge in [-0.2, -0.15) is 0 Å². The summed E-state index contributed by atoms with van der Waals surface area (Å²) in [5.41, 5.74) is 0. The maximum atomic E-state index is 12.7. The molecule has 0 saturated carbocycles. The maximum absolute atomic E-state index is 12.7. The van der Waals surface area contributed by atoms with Crippen molar-refractivity contribution in [2.45, 2.75) is 180 Å². The molecule has 9 heteroatoms. The molecule has 0 aromatic heterocycles. The Bertz CT molecular complexity index is 898. The highest BCUT2D eigenvalue weighted by Gasteiger charge is 2.25. The molecule has 0 bridgehead atoms. The Morgan fingerprint density at radius 2 is 1.04 bits per heavy atom. The Kier molecular flexibility index (Phi) is 33.3. The van der Waals surface area contributed by atoms with Gasteiger partial charge in [0.2, 0.25) is 0 Å². The van der Waals surface area contributed by atoms with Crippen LogP contribution in [0.4, 0.5) is 0 Å². The van der Waals surface area contributed by atoms with Gasteiger partial charge in [0, 0.05) is 12.8 Å². The summed E-state index contributed by atoms with van der Waals surface area (Å²) >= 11 is 0. The Morgan fingerprint density at radius 1 is 0.569 bits per heavy atom. The van der Waals surface area contributed by atoms with Gasteiger partial charge in [-0.05, 0) is 57.8 Å². The van der Waals surface area contributed by atoms with Crippen LogP contribution in [0.25, 0.3) is 0 Å². The number of allylic oxidation sites excluding steroid dienone is 4. The van der Waals surface area contributed by atoms with E-state index in [-0.39, 0.29) is 32.2 Å². The molecule has 0 aromatic carbocycles. The van der Waals surface area contributed by atoms with Crippen molar-refractivity contribution in [3.05, 3.63) is 24.3 Å². The highest BCUT2D eigenvalue weighted by atomic mass is 16.7. The third-order valence-electron chi connectivity index (χ3n) is 8.66. The van der Waals surface area contributed by atoms with Crippen molar-refractivity contribution in [1.82, 2.24) is 0 Å². The van der Waals surface area contributed by atoms with E-state index in [1.54, 1.807) is 0 Å². The largest absolute Gasteiger partial charge is 0.477 e. The van der Waals surface area contributed by atoms with Crippen molar-refractivity contribution in [3.8, 4) is 0 Å². The number of hydrogen-bond donors (Lipinski definition) is 1. The lowest BCUT2D eigenvalue weighted by Crippen LogP contribution is -2.40. The number of unbranched alkanes of at least 4 members (excludes halogenated alkanes) is 18. The van der Waals surface area contributed by atoms with E-state index in [2.05, 4.69) is 38.2 Å². The minimum atomic E-state index is -1.51. The van der Waals surface area contributed by atoms with Gasteiger partial charge >= 0.3 is 17.9 Å². The van der Waals surface area contributed by atoms with Crippen molar-refractivity contribution < 1.29 is 42.9 Å². The number of hydrogen-bond acceptors (Lipinski definition) is 7. The molecule has 2 unspecified atom stereocenters. The van der Waals surface area contributed by atoms with Gasteiger partial charge in [0.15, 0.2) is 6.10 Å². The lowest BCUT2D eigenvalue weighted by Gasteiger charge is -2.25. The smallest absolute Gasteiger partial charge is 0.361 e. The molecule has 298 valence electrons. The number of aliphatic carboxylic acids is 1. The molecule has 0 fully saturated rings. The fraction of sp³-hybridized carbons (Fsp3) is 0.833. The molecule has 0 aliphatic heterocycles. The van der Waals surface area contributed by atoms with E-state index in [1.165, 1.54) is 57.8 Å². The molecular formula is C42H78NO8+. The third kappa shape index (κ3) is 35.9. The van der Waals surface area contributed by atoms with Gasteiger partial charge in [0.1, 0.15) is 13.2 Å². The van der Waals surface area contributed by atoms with E-state index in [0.29, 0.717) is 23.9 Å². The number of quaternary nitrogens is 1. The van der Waals surface area contributed by atoms with Gasteiger partial charge in [-0.15, -0.1) is 0 Å². The molecule has 1 N–H and O–H groups in total. The Hall–Kier alpha value is -2.23. The predicted molar refractivity (Wildman–Crippen MR) is 208 cm³/mol. The quantitative estimate of drug-likeness (QED) is 0.0222. The molecule has 0 spiro atoms. The number of ether oxygens (including phenoxy) is 4. The second-order valence-corrected chi connectivity index (χ2v) is 14.9. The van der Waals surface area contributed by atoms with E-state index in [0.717, 1.165) is 77.0 Å². The molecule has 0 aliphatic carbocycles. The SMILES string of the molecule is CCC/C=C\CCCCCCCC(=O)OCC(COC(OCC[N+](C)(C)C)C(=O)O)OC(=O)CCCCCCC/C=C\CCCCCCCCC. The molecule has 0 saturated heterocycles. The van der Waals surface area contributed by atoms with Crippen LogP contribution in [0.2, 0.25) is 0 Å². The molecule has 0 rings (SSSR count). The highest BCUT2D eigenvalue weighted by molar-refractivity contribution is 5.71.